The van der Waals surface area contributed by atoms with Gasteiger partial charge in [0.1, 0.15) is 0 Å². The van der Waals surface area contributed by atoms with Crippen molar-refractivity contribution in [3.63, 3.8) is 0 Å². The van der Waals surface area contributed by atoms with Gasteiger partial charge in [0.2, 0.25) is 0 Å². The summed E-state index contributed by atoms with van der Waals surface area (Å²) < 4.78 is 0. The Balaban J connectivity index is 1.99. The standard InChI is InChI=1S/C15H28N4S/c1-5-16-12-8-6-9-13-14(12)17-15(20-13)19(4)11-7-10-18(2)3/h12,16H,5-11H2,1-4H3. The summed E-state index contributed by atoms with van der Waals surface area (Å²) in [4.78, 5) is 11.0. The van der Waals surface area contributed by atoms with Gasteiger partial charge in [0.05, 0.1) is 11.7 Å². The average Bonchev–Trinajstić information content (AvgIpc) is 2.83. The SMILES string of the molecule is CCNC1CCCc2sc(N(C)CCCN(C)C)nc21. The molecule has 0 aromatic carbocycles. The Labute approximate surface area is 127 Å². The summed E-state index contributed by atoms with van der Waals surface area (Å²) in [6.07, 6.45) is 4.91. The largest absolute Gasteiger partial charge is 0.351 e. The number of nitrogens with zero attached hydrogens (tertiary/aromatic N) is 3. The van der Waals surface area contributed by atoms with Crippen molar-refractivity contribution in [2.24, 2.45) is 0 Å². The molecule has 0 saturated carbocycles. The van der Waals surface area contributed by atoms with Crippen molar-refractivity contribution in [1.29, 1.82) is 0 Å². The van der Waals surface area contributed by atoms with E-state index in [9.17, 15) is 0 Å². The Morgan fingerprint density at radius 2 is 2.10 bits per heavy atom. The van der Waals surface area contributed by atoms with Crippen LogP contribution in [-0.4, -0.2) is 50.7 Å². The topological polar surface area (TPSA) is 31.4 Å². The minimum atomic E-state index is 0.476. The quantitative estimate of drug-likeness (QED) is 0.838. The number of anilines is 1. The van der Waals surface area contributed by atoms with Gasteiger partial charge in [-0.3, -0.25) is 0 Å². The molecule has 0 aliphatic heterocycles. The zero-order chi connectivity index (χ0) is 14.5. The number of aromatic nitrogens is 1. The van der Waals surface area contributed by atoms with E-state index >= 15 is 0 Å². The molecular weight excluding hydrogens is 268 g/mol. The van der Waals surface area contributed by atoms with Crippen LogP contribution in [-0.2, 0) is 6.42 Å². The van der Waals surface area contributed by atoms with Crippen molar-refractivity contribution in [3.05, 3.63) is 10.6 Å². The fourth-order valence-electron chi connectivity index (χ4n) is 2.73. The highest BCUT2D eigenvalue weighted by atomic mass is 32.1. The van der Waals surface area contributed by atoms with Gasteiger partial charge in [0.15, 0.2) is 5.13 Å². The average molecular weight is 296 g/mol. The fourth-order valence-corrected chi connectivity index (χ4v) is 3.88. The summed E-state index contributed by atoms with van der Waals surface area (Å²) in [5, 5.41) is 4.76. The first kappa shape index (κ1) is 15.7. The van der Waals surface area contributed by atoms with Crippen LogP contribution < -0.4 is 10.2 Å². The zero-order valence-electron chi connectivity index (χ0n) is 13.3. The van der Waals surface area contributed by atoms with Crippen LogP contribution in [0.2, 0.25) is 0 Å². The smallest absolute Gasteiger partial charge is 0.185 e. The molecule has 1 aromatic heterocycles. The lowest BCUT2D eigenvalue weighted by Gasteiger charge is -2.21. The third-order valence-corrected chi connectivity index (χ3v) is 5.06. The van der Waals surface area contributed by atoms with E-state index in [0.717, 1.165) is 19.6 Å². The maximum absolute atomic E-state index is 4.92. The summed E-state index contributed by atoms with van der Waals surface area (Å²) in [6, 6.07) is 0.476. The molecule has 0 bridgehead atoms. The minimum Gasteiger partial charge on any atom is -0.351 e. The van der Waals surface area contributed by atoms with Crippen LogP contribution in [0.4, 0.5) is 5.13 Å². The van der Waals surface area contributed by atoms with Gasteiger partial charge in [-0.1, -0.05) is 6.92 Å². The Hall–Kier alpha value is -0.650. The van der Waals surface area contributed by atoms with Gasteiger partial charge >= 0.3 is 0 Å². The lowest BCUT2D eigenvalue weighted by molar-refractivity contribution is 0.401. The molecule has 0 spiro atoms. The monoisotopic (exact) mass is 296 g/mol. The predicted molar refractivity (Wildman–Crippen MR) is 87.9 cm³/mol. The summed E-state index contributed by atoms with van der Waals surface area (Å²) in [6.45, 7) is 5.41. The molecule has 1 atom stereocenters. The number of hydrogen-bond donors (Lipinski definition) is 1. The molecular formula is C15H28N4S. The molecule has 1 aromatic rings. The number of hydrogen-bond acceptors (Lipinski definition) is 5. The van der Waals surface area contributed by atoms with E-state index in [4.69, 9.17) is 4.98 Å². The number of aryl methyl sites for hydroxylation is 1. The number of thiazole rings is 1. The fraction of sp³-hybridized carbons (Fsp3) is 0.800. The van der Waals surface area contributed by atoms with Crippen LogP contribution in [0.3, 0.4) is 0 Å². The summed E-state index contributed by atoms with van der Waals surface area (Å²) in [5.74, 6) is 0. The van der Waals surface area contributed by atoms with Gasteiger partial charge in [-0.15, -0.1) is 11.3 Å². The first-order valence-electron chi connectivity index (χ1n) is 7.70. The van der Waals surface area contributed by atoms with Gasteiger partial charge in [0, 0.05) is 18.5 Å². The van der Waals surface area contributed by atoms with Crippen LogP contribution in [0.25, 0.3) is 0 Å². The second-order valence-electron chi connectivity index (χ2n) is 5.89. The second kappa shape index (κ2) is 7.38. The lowest BCUT2D eigenvalue weighted by atomic mass is 9.98. The maximum Gasteiger partial charge on any atom is 0.185 e. The van der Waals surface area contributed by atoms with Crippen molar-refractivity contribution < 1.29 is 0 Å². The summed E-state index contributed by atoms with van der Waals surface area (Å²) in [5.41, 5.74) is 1.32. The Morgan fingerprint density at radius 1 is 1.30 bits per heavy atom. The van der Waals surface area contributed by atoms with Crippen LogP contribution in [0.15, 0.2) is 0 Å². The third kappa shape index (κ3) is 3.93. The highest BCUT2D eigenvalue weighted by Crippen LogP contribution is 2.36. The molecule has 4 nitrogen and oxygen atoms in total. The van der Waals surface area contributed by atoms with E-state index in [1.807, 2.05) is 11.3 Å². The summed E-state index contributed by atoms with van der Waals surface area (Å²) >= 11 is 1.89. The molecule has 1 aliphatic rings. The van der Waals surface area contributed by atoms with Crippen molar-refractivity contribution in [1.82, 2.24) is 15.2 Å². The first-order chi connectivity index (χ1) is 9.61. The van der Waals surface area contributed by atoms with Gasteiger partial charge < -0.3 is 15.1 Å². The third-order valence-electron chi connectivity index (χ3n) is 3.82. The molecule has 114 valence electrons. The van der Waals surface area contributed by atoms with Crippen molar-refractivity contribution in [2.45, 2.75) is 38.6 Å². The molecule has 1 unspecified atom stereocenters. The van der Waals surface area contributed by atoms with E-state index in [2.05, 4.69) is 43.2 Å². The lowest BCUT2D eigenvalue weighted by Crippen LogP contribution is -2.25. The van der Waals surface area contributed by atoms with Crippen molar-refractivity contribution in [2.75, 3.05) is 45.7 Å². The van der Waals surface area contributed by atoms with Gasteiger partial charge in [0.25, 0.3) is 0 Å². The molecule has 5 heteroatoms. The van der Waals surface area contributed by atoms with Crippen LogP contribution in [0, 0.1) is 0 Å². The zero-order valence-corrected chi connectivity index (χ0v) is 14.1. The van der Waals surface area contributed by atoms with Crippen molar-refractivity contribution in [3.8, 4) is 0 Å². The molecule has 0 amide bonds. The molecule has 20 heavy (non-hydrogen) atoms. The van der Waals surface area contributed by atoms with Gasteiger partial charge in [-0.2, -0.15) is 0 Å². The molecule has 2 rings (SSSR count). The van der Waals surface area contributed by atoms with Gasteiger partial charge in [-0.25, -0.2) is 4.98 Å². The maximum atomic E-state index is 4.92. The normalized spacial score (nSPS) is 18.4. The van der Waals surface area contributed by atoms with E-state index in [0.29, 0.717) is 6.04 Å². The van der Waals surface area contributed by atoms with E-state index in [1.165, 1.54) is 41.4 Å². The van der Waals surface area contributed by atoms with Crippen molar-refractivity contribution >= 4 is 16.5 Å². The summed E-state index contributed by atoms with van der Waals surface area (Å²) in [7, 11) is 6.43. The molecule has 0 saturated heterocycles. The Morgan fingerprint density at radius 3 is 2.80 bits per heavy atom. The predicted octanol–water partition coefficient (Wildman–Crippen LogP) is 2.52. The Bertz CT molecular complexity index is 416. The molecule has 1 N–H and O–H groups in total. The number of rotatable bonds is 7. The Kier molecular flexibility index (Phi) is 5.81. The van der Waals surface area contributed by atoms with Crippen LogP contribution in [0.1, 0.15) is 42.8 Å². The highest BCUT2D eigenvalue weighted by Gasteiger charge is 2.24. The second-order valence-corrected chi connectivity index (χ2v) is 6.95. The van der Waals surface area contributed by atoms with Gasteiger partial charge in [-0.05, 0) is 52.9 Å². The molecule has 1 aliphatic carbocycles. The first-order valence-corrected chi connectivity index (χ1v) is 8.52. The van der Waals surface area contributed by atoms with E-state index in [-0.39, 0.29) is 0 Å². The van der Waals surface area contributed by atoms with Crippen LogP contribution in [0.5, 0.6) is 0 Å². The number of fused-ring (bicyclic) bond motifs is 1. The molecule has 0 radical (unpaired) electrons. The molecule has 1 heterocycles. The van der Waals surface area contributed by atoms with Crippen LogP contribution >= 0.6 is 11.3 Å². The molecule has 0 fully saturated rings. The van der Waals surface area contributed by atoms with E-state index in [1.54, 1.807) is 0 Å². The minimum absolute atomic E-state index is 0.476. The highest BCUT2D eigenvalue weighted by molar-refractivity contribution is 7.15. The van der Waals surface area contributed by atoms with E-state index < -0.39 is 0 Å². The number of nitrogens with one attached hydrogen (secondary N) is 1.